The van der Waals surface area contributed by atoms with E-state index in [1.165, 1.54) is 0 Å². The Kier molecular flexibility index (Phi) is 4.19. The fourth-order valence-electron chi connectivity index (χ4n) is 1.33. The van der Waals surface area contributed by atoms with Gasteiger partial charge in [0.1, 0.15) is 11.5 Å². The van der Waals surface area contributed by atoms with Crippen molar-refractivity contribution in [2.45, 2.75) is 12.8 Å². The number of pyridine rings is 1. The van der Waals surface area contributed by atoms with Gasteiger partial charge < -0.3 is 15.2 Å². The second-order valence-corrected chi connectivity index (χ2v) is 2.91. The molecule has 0 fully saturated rings. The number of nitrogens with zero attached hydrogens (tertiary/aromatic N) is 1. The van der Waals surface area contributed by atoms with E-state index in [0.717, 1.165) is 29.9 Å². The molecular weight excluding hydrogens is 180 g/mol. The fourth-order valence-corrected chi connectivity index (χ4v) is 1.33. The van der Waals surface area contributed by atoms with Crippen LogP contribution in [0.1, 0.15) is 12.0 Å². The molecule has 78 valence electrons. The quantitative estimate of drug-likeness (QED) is 0.763. The minimum Gasteiger partial charge on any atom is -0.495 e. The average Bonchev–Trinajstić information content (AvgIpc) is 2.25. The maximum atomic E-state index is 5.46. The first-order valence-corrected chi connectivity index (χ1v) is 4.58. The third kappa shape index (κ3) is 2.35. The lowest BCUT2D eigenvalue weighted by Crippen LogP contribution is -2.03. The standard InChI is InChI=1S/C10H16N2O2/c1-13-9-6-12-7-10(14-2)8(9)4-3-5-11/h6-7H,3-5,11H2,1-2H3. The van der Waals surface area contributed by atoms with Crippen LogP contribution in [0.5, 0.6) is 11.5 Å². The molecule has 2 N–H and O–H groups in total. The summed E-state index contributed by atoms with van der Waals surface area (Å²) in [5.74, 6) is 1.52. The third-order valence-corrected chi connectivity index (χ3v) is 2.05. The van der Waals surface area contributed by atoms with Gasteiger partial charge in [-0.2, -0.15) is 0 Å². The molecule has 1 rings (SSSR count). The number of hydrogen-bond donors (Lipinski definition) is 1. The molecule has 1 heterocycles. The van der Waals surface area contributed by atoms with Crippen molar-refractivity contribution >= 4 is 0 Å². The first-order valence-electron chi connectivity index (χ1n) is 4.58. The summed E-state index contributed by atoms with van der Waals surface area (Å²) in [6, 6.07) is 0. The van der Waals surface area contributed by atoms with E-state index in [1.807, 2.05) is 0 Å². The van der Waals surface area contributed by atoms with E-state index in [0.29, 0.717) is 6.54 Å². The molecule has 0 unspecified atom stereocenters. The van der Waals surface area contributed by atoms with Gasteiger partial charge in [0, 0.05) is 5.56 Å². The molecule has 0 spiro atoms. The Labute approximate surface area is 84.0 Å². The zero-order valence-electron chi connectivity index (χ0n) is 8.62. The van der Waals surface area contributed by atoms with Crippen molar-refractivity contribution in [3.63, 3.8) is 0 Å². The van der Waals surface area contributed by atoms with Gasteiger partial charge in [0.25, 0.3) is 0 Å². The van der Waals surface area contributed by atoms with Gasteiger partial charge >= 0.3 is 0 Å². The van der Waals surface area contributed by atoms with Crippen LogP contribution in [0.15, 0.2) is 12.4 Å². The number of hydrogen-bond acceptors (Lipinski definition) is 4. The summed E-state index contributed by atoms with van der Waals surface area (Å²) in [6.45, 7) is 0.661. The van der Waals surface area contributed by atoms with Crippen molar-refractivity contribution in [3.05, 3.63) is 18.0 Å². The van der Waals surface area contributed by atoms with Crippen LogP contribution in [0.25, 0.3) is 0 Å². The highest BCUT2D eigenvalue weighted by atomic mass is 16.5. The number of rotatable bonds is 5. The molecule has 0 aliphatic carbocycles. The van der Waals surface area contributed by atoms with Crippen molar-refractivity contribution in [3.8, 4) is 11.5 Å². The van der Waals surface area contributed by atoms with Crippen molar-refractivity contribution in [1.29, 1.82) is 0 Å². The van der Waals surface area contributed by atoms with E-state index >= 15 is 0 Å². The van der Waals surface area contributed by atoms with Crippen LogP contribution in [-0.4, -0.2) is 25.7 Å². The van der Waals surface area contributed by atoms with E-state index in [4.69, 9.17) is 15.2 Å². The maximum Gasteiger partial charge on any atom is 0.144 e. The van der Waals surface area contributed by atoms with Gasteiger partial charge in [-0.1, -0.05) is 0 Å². The van der Waals surface area contributed by atoms with Crippen molar-refractivity contribution in [2.75, 3.05) is 20.8 Å². The first kappa shape index (κ1) is 10.8. The molecule has 14 heavy (non-hydrogen) atoms. The van der Waals surface area contributed by atoms with Crippen molar-refractivity contribution in [1.82, 2.24) is 4.98 Å². The summed E-state index contributed by atoms with van der Waals surface area (Å²) in [5.41, 5.74) is 6.50. The zero-order valence-corrected chi connectivity index (χ0v) is 8.62. The van der Waals surface area contributed by atoms with Crippen molar-refractivity contribution < 1.29 is 9.47 Å². The predicted molar refractivity (Wildman–Crippen MR) is 54.7 cm³/mol. The van der Waals surface area contributed by atoms with Crippen LogP contribution in [0.3, 0.4) is 0 Å². The summed E-state index contributed by atoms with van der Waals surface area (Å²) in [7, 11) is 3.25. The summed E-state index contributed by atoms with van der Waals surface area (Å²) in [6.07, 6.45) is 5.14. The molecule has 0 aliphatic rings. The summed E-state index contributed by atoms with van der Waals surface area (Å²) >= 11 is 0. The lowest BCUT2D eigenvalue weighted by molar-refractivity contribution is 0.381. The fraction of sp³-hybridized carbons (Fsp3) is 0.500. The summed E-state index contributed by atoms with van der Waals surface area (Å²) in [4.78, 5) is 4.01. The van der Waals surface area contributed by atoms with Crippen LogP contribution >= 0.6 is 0 Å². The zero-order chi connectivity index (χ0) is 10.4. The number of aromatic nitrogens is 1. The first-order chi connectivity index (χ1) is 6.83. The summed E-state index contributed by atoms with van der Waals surface area (Å²) in [5, 5.41) is 0. The second-order valence-electron chi connectivity index (χ2n) is 2.91. The minimum absolute atomic E-state index is 0.661. The Balaban J connectivity index is 2.93. The Hall–Kier alpha value is -1.29. The van der Waals surface area contributed by atoms with Crippen LogP contribution in [-0.2, 0) is 6.42 Å². The Bertz CT molecular complexity index is 267. The topological polar surface area (TPSA) is 57.4 Å². The molecule has 0 aromatic carbocycles. The maximum absolute atomic E-state index is 5.46. The molecular formula is C10H16N2O2. The second kappa shape index (κ2) is 5.44. The highest BCUT2D eigenvalue weighted by Crippen LogP contribution is 2.27. The van der Waals surface area contributed by atoms with Gasteiger partial charge in [-0.05, 0) is 19.4 Å². The molecule has 4 nitrogen and oxygen atoms in total. The van der Waals surface area contributed by atoms with Crippen LogP contribution in [0.4, 0.5) is 0 Å². The Morgan fingerprint density at radius 1 is 1.21 bits per heavy atom. The Morgan fingerprint density at radius 3 is 2.21 bits per heavy atom. The van der Waals surface area contributed by atoms with Gasteiger partial charge in [0.05, 0.1) is 26.6 Å². The van der Waals surface area contributed by atoms with E-state index < -0.39 is 0 Å². The highest BCUT2D eigenvalue weighted by Gasteiger charge is 2.09. The van der Waals surface area contributed by atoms with Crippen molar-refractivity contribution in [2.24, 2.45) is 5.73 Å². The monoisotopic (exact) mass is 196 g/mol. The minimum atomic E-state index is 0.661. The lowest BCUT2D eigenvalue weighted by atomic mass is 10.1. The molecule has 0 bridgehead atoms. The number of nitrogens with two attached hydrogens (primary N) is 1. The van der Waals surface area contributed by atoms with Gasteiger partial charge in [0.15, 0.2) is 0 Å². The molecule has 0 saturated carbocycles. The molecule has 0 aliphatic heterocycles. The number of methoxy groups -OCH3 is 2. The van der Waals surface area contributed by atoms with E-state index in [-0.39, 0.29) is 0 Å². The SMILES string of the molecule is COc1cncc(OC)c1CCCN. The smallest absolute Gasteiger partial charge is 0.144 e. The molecule has 0 atom stereocenters. The number of ether oxygens (including phenoxy) is 2. The van der Waals surface area contributed by atoms with Gasteiger partial charge in [0.2, 0.25) is 0 Å². The molecule has 0 amide bonds. The van der Waals surface area contributed by atoms with Gasteiger partial charge in [-0.3, -0.25) is 4.98 Å². The third-order valence-electron chi connectivity index (χ3n) is 2.05. The lowest BCUT2D eigenvalue weighted by Gasteiger charge is -2.11. The van der Waals surface area contributed by atoms with E-state index in [2.05, 4.69) is 4.98 Å². The largest absolute Gasteiger partial charge is 0.495 e. The average molecular weight is 196 g/mol. The van der Waals surface area contributed by atoms with Gasteiger partial charge in [-0.15, -0.1) is 0 Å². The van der Waals surface area contributed by atoms with Crippen LogP contribution in [0.2, 0.25) is 0 Å². The Morgan fingerprint density at radius 2 is 1.79 bits per heavy atom. The highest BCUT2D eigenvalue weighted by molar-refractivity contribution is 5.41. The molecule has 1 aromatic rings. The van der Waals surface area contributed by atoms with Crippen LogP contribution < -0.4 is 15.2 Å². The molecule has 0 saturated heterocycles. The molecule has 1 aromatic heterocycles. The molecule has 0 radical (unpaired) electrons. The predicted octanol–water partition coefficient (Wildman–Crippen LogP) is 0.990. The van der Waals surface area contributed by atoms with Gasteiger partial charge in [-0.25, -0.2) is 0 Å². The molecule has 4 heteroatoms. The normalized spacial score (nSPS) is 9.93. The van der Waals surface area contributed by atoms with Crippen LogP contribution in [0, 0.1) is 0 Å². The summed E-state index contributed by atoms with van der Waals surface area (Å²) < 4.78 is 10.4. The van der Waals surface area contributed by atoms with E-state index in [1.54, 1.807) is 26.6 Å². The van der Waals surface area contributed by atoms with E-state index in [9.17, 15) is 0 Å².